The van der Waals surface area contributed by atoms with Crippen LogP contribution in [0.3, 0.4) is 0 Å². The van der Waals surface area contributed by atoms with E-state index in [1.165, 1.54) is 11.3 Å². The quantitative estimate of drug-likeness (QED) is 0.897. The molecule has 0 fully saturated rings. The number of carbonyl (C=O) groups excluding carboxylic acids is 1. The van der Waals surface area contributed by atoms with E-state index in [1.807, 2.05) is 19.2 Å². The van der Waals surface area contributed by atoms with Gasteiger partial charge in [-0.2, -0.15) is 0 Å². The van der Waals surface area contributed by atoms with E-state index < -0.39 is 0 Å². The van der Waals surface area contributed by atoms with Crippen LogP contribution in [-0.4, -0.2) is 15.9 Å². The molecule has 0 aromatic carbocycles. The van der Waals surface area contributed by atoms with Gasteiger partial charge in [-0.1, -0.05) is 0 Å². The van der Waals surface area contributed by atoms with Crippen molar-refractivity contribution >= 4 is 28.6 Å². The Kier molecular flexibility index (Phi) is 4.05. The Morgan fingerprint density at radius 2 is 2.22 bits per heavy atom. The largest absolute Gasteiger partial charge is 0.345 e. The average molecular weight is 282 g/mol. The molecule has 2 aromatic heterocycles. The van der Waals surface area contributed by atoms with Crippen molar-refractivity contribution in [2.24, 2.45) is 5.73 Å². The predicted octanol–water partition coefficient (Wildman–Crippen LogP) is 1.86. The normalized spacial score (nSPS) is 12.4. The van der Waals surface area contributed by atoms with Gasteiger partial charge in [0.15, 0.2) is 0 Å². The van der Waals surface area contributed by atoms with Crippen LogP contribution >= 0.6 is 22.7 Å². The first-order chi connectivity index (χ1) is 8.56. The van der Waals surface area contributed by atoms with Gasteiger partial charge in [0.2, 0.25) is 0 Å². The van der Waals surface area contributed by atoms with Crippen molar-refractivity contribution in [3.63, 3.8) is 0 Å². The van der Waals surface area contributed by atoms with Crippen LogP contribution in [0.25, 0.3) is 0 Å². The fraction of sp³-hybridized carbons (Fsp3) is 0.364. The van der Waals surface area contributed by atoms with E-state index in [0.29, 0.717) is 12.2 Å². The fourth-order valence-electron chi connectivity index (χ4n) is 1.35. The highest BCUT2D eigenvalue weighted by Crippen LogP contribution is 2.15. The summed E-state index contributed by atoms with van der Waals surface area (Å²) in [6, 6.07) is -0.141. The number of nitrogens with two attached hydrogens (primary N) is 1. The van der Waals surface area contributed by atoms with Crippen LogP contribution in [0.2, 0.25) is 0 Å². The van der Waals surface area contributed by atoms with Gasteiger partial charge in [0, 0.05) is 10.8 Å². The van der Waals surface area contributed by atoms with E-state index in [1.54, 1.807) is 16.7 Å². The van der Waals surface area contributed by atoms with Crippen molar-refractivity contribution in [1.29, 1.82) is 0 Å². The molecule has 1 amide bonds. The highest BCUT2D eigenvalue weighted by atomic mass is 32.1. The summed E-state index contributed by atoms with van der Waals surface area (Å²) in [7, 11) is 0. The smallest absolute Gasteiger partial charge is 0.271 e. The number of hydrogen-bond acceptors (Lipinski definition) is 6. The van der Waals surface area contributed by atoms with Crippen molar-refractivity contribution in [2.45, 2.75) is 26.4 Å². The monoisotopic (exact) mass is 282 g/mol. The summed E-state index contributed by atoms with van der Waals surface area (Å²) < 4.78 is 0. The van der Waals surface area contributed by atoms with Crippen molar-refractivity contribution in [2.75, 3.05) is 0 Å². The Morgan fingerprint density at radius 1 is 1.44 bits per heavy atom. The molecule has 7 heteroatoms. The molecular formula is C11H14N4OS2. The van der Waals surface area contributed by atoms with Gasteiger partial charge in [-0.3, -0.25) is 4.79 Å². The lowest BCUT2D eigenvalue weighted by molar-refractivity contribution is 0.0946. The van der Waals surface area contributed by atoms with Gasteiger partial charge >= 0.3 is 0 Å². The van der Waals surface area contributed by atoms with Gasteiger partial charge in [0.25, 0.3) is 5.91 Å². The molecular weight excluding hydrogens is 268 g/mol. The molecule has 1 unspecified atom stereocenters. The zero-order valence-corrected chi connectivity index (χ0v) is 11.8. The lowest BCUT2D eigenvalue weighted by atomic mass is 10.4. The Hall–Kier alpha value is -1.31. The summed E-state index contributed by atoms with van der Waals surface area (Å²) in [5, 5.41) is 8.21. The third kappa shape index (κ3) is 3.12. The number of aryl methyl sites for hydroxylation is 1. The zero-order valence-electron chi connectivity index (χ0n) is 10.1. The first kappa shape index (κ1) is 13.1. The number of amides is 1. The number of rotatable bonds is 4. The summed E-state index contributed by atoms with van der Waals surface area (Å²) in [5.41, 5.74) is 6.99. The molecule has 0 aliphatic heterocycles. The first-order valence-corrected chi connectivity index (χ1v) is 7.22. The molecule has 2 rings (SSSR count). The maximum absolute atomic E-state index is 11.8. The maximum atomic E-state index is 11.8. The number of hydrogen-bond donors (Lipinski definition) is 2. The second-order valence-corrected chi connectivity index (χ2v) is 5.85. The SMILES string of the molecule is Cc1nc(CNC(=O)c2csc(C(C)N)n2)cs1. The predicted molar refractivity (Wildman–Crippen MR) is 72.7 cm³/mol. The molecule has 5 nitrogen and oxygen atoms in total. The van der Waals surface area contributed by atoms with Crippen LogP contribution in [0.1, 0.15) is 39.2 Å². The van der Waals surface area contributed by atoms with Crippen LogP contribution < -0.4 is 11.1 Å². The summed E-state index contributed by atoms with van der Waals surface area (Å²) in [4.78, 5) is 20.3. The van der Waals surface area contributed by atoms with E-state index >= 15 is 0 Å². The molecule has 0 aliphatic rings. The number of aromatic nitrogens is 2. The number of carbonyl (C=O) groups is 1. The molecule has 0 saturated carbocycles. The number of nitrogens with one attached hydrogen (secondary N) is 1. The third-order valence-corrected chi connectivity index (χ3v) is 4.11. The Bertz CT molecular complexity index is 547. The zero-order chi connectivity index (χ0) is 13.1. The molecule has 2 heterocycles. The third-order valence-electron chi connectivity index (χ3n) is 2.24. The number of thiazole rings is 2. The molecule has 3 N–H and O–H groups in total. The number of nitrogens with zero attached hydrogens (tertiary/aromatic N) is 2. The van der Waals surface area contributed by atoms with E-state index in [0.717, 1.165) is 15.7 Å². The molecule has 2 aromatic rings. The maximum Gasteiger partial charge on any atom is 0.271 e. The lowest BCUT2D eigenvalue weighted by Crippen LogP contribution is -2.23. The van der Waals surface area contributed by atoms with Crippen LogP contribution in [-0.2, 0) is 6.54 Å². The highest BCUT2D eigenvalue weighted by Gasteiger charge is 2.12. The van der Waals surface area contributed by atoms with Gasteiger partial charge in [-0.25, -0.2) is 9.97 Å². The molecule has 0 bridgehead atoms. The van der Waals surface area contributed by atoms with Gasteiger partial charge in [-0.05, 0) is 13.8 Å². The molecule has 1 atom stereocenters. The van der Waals surface area contributed by atoms with Crippen molar-refractivity contribution < 1.29 is 4.79 Å². The molecule has 0 radical (unpaired) electrons. The van der Waals surface area contributed by atoms with E-state index in [4.69, 9.17) is 5.73 Å². The van der Waals surface area contributed by atoms with Crippen LogP contribution in [0.5, 0.6) is 0 Å². The minimum Gasteiger partial charge on any atom is -0.345 e. The van der Waals surface area contributed by atoms with Gasteiger partial charge in [-0.15, -0.1) is 22.7 Å². The van der Waals surface area contributed by atoms with Crippen LogP contribution in [0.15, 0.2) is 10.8 Å². The van der Waals surface area contributed by atoms with Crippen molar-refractivity contribution in [3.05, 3.63) is 32.2 Å². The second-order valence-electron chi connectivity index (χ2n) is 3.90. The standard InChI is InChI=1S/C11H14N4OS2/c1-6(12)11-15-9(5-18-11)10(16)13-3-8-4-17-7(2)14-8/h4-6H,3,12H2,1-2H3,(H,13,16). The Labute approximate surface area is 113 Å². The summed E-state index contributed by atoms with van der Waals surface area (Å²) in [6.45, 7) is 4.21. The summed E-state index contributed by atoms with van der Waals surface area (Å²) in [5.74, 6) is -0.191. The molecule has 0 aliphatic carbocycles. The average Bonchev–Trinajstić information content (AvgIpc) is 2.94. The van der Waals surface area contributed by atoms with Gasteiger partial charge in [0.05, 0.1) is 23.3 Å². The van der Waals surface area contributed by atoms with E-state index in [9.17, 15) is 4.79 Å². The van der Waals surface area contributed by atoms with Gasteiger partial charge in [0.1, 0.15) is 10.7 Å². The Morgan fingerprint density at radius 3 is 2.78 bits per heavy atom. The van der Waals surface area contributed by atoms with Crippen LogP contribution in [0, 0.1) is 6.92 Å². The molecule has 96 valence electrons. The second kappa shape index (κ2) is 5.55. The Balaban J connectivity index is 1.95. The fourth-order valence-corrected chi connectivity index (χ4v) is 2.72. The molecule has 0 spiro atoms. The van der Waals surface area contributed by atoms with E-state index in [2.05, 4.69) is 15.3 Å². The lowest BCUT2D eigenvalue weighted by Gasteiger charge is -2.00. The van der Waals surface area contributed by atoms with Gasteiger partial charge < -0.3 is 11.1 Å². The topological polar surface area (TPSA) is 80.9 Å². The van der Waals surface area contributed by atoms with E-state index in [-0.39, 0.29) is 11.9 Å². The van der Waals surface area contributed by atoms with Crippen molar-refractivity contribution in [3.8, 4) is 0 Å². The summed E-state index contributed by atoms with van der Waals surface area (Å²) >= 11 is 2.97. The molecule has 18 heavy (non-hydrogen) atoms. The summed E-state index contributed by atoms with van der Waals surface area (Å²) in [6.07, 6.45) is 0. The first-order valence-electron chi connectivity index (χ1n) is 5.46. The minimum absolute atomic E-state index is 0.141. The minimum atomic E-state index is -0.191. The highest BCUT2D eigenvalue weighted by molar-refractivity contribution is 7.10. The van der Waals surface area contributed by atoms with Crippen molar-refractivity contribution in [1.82, 2.24) is 15.3 Å². The van der Waals surface area contributed by atoms with Crippen LogP contribution in [0.4, 0.5) is 0 Å². The molecule has 0 saturated heterocycles.